The maximum atomic E-state index is 13.4. The molecule has 3 aromatic carbocycles. The van der Waals surface area contributed by atoms with Gasteiger partial charge in [0.05, 0.1) is 4.90 Å². The molecule has 0 aliphatic carbocycles. The van der Waals surface area contributed by atoms with E-state index in [1.165, 1.54) is 12.1 Å². The van der Waals surface area contributed by atoms with Crippen LogP contribution >= 0.6 is 0 Å². The molecule has 0 unspecified atom stereocenters. The van der Waals surface area contributed by atoms with Gasteiger partial charge in [0.15, 0.2) is 5.41 Å². The number of hydrogen-bond donors (Lipinski definition) is 1. The molecule has 37 heavy (non-hydrogen) atoms. The summed E-state index contributed by atoms with van der Waals surface area (Å²) >= 11 is 0. The summed E-state index contributed by atoms with van der Waals surface area (Å²) < 4.78 is 39.8. The average Bonchev–Trinajstić information content (AvgIpc) is 2.89. The third-order valence-corrected chi connectivity index (χ3v) is 7.45. The quantitative estimate of drug-likeness (QED) is 0.212. The molecule has 3 aromatic rings. The molecule has 0 aromatic heterocycles. The number of nitrogens with one attached hydrogen (secondary N) is 1. The molecule has 0 heterocycles. The molecule has 7 nitrogen and oxygen atoms in total. The molecule has 0 aliphatic rings. The van der Waals surface area contributed by atoms with Crippen LogP contribution in [-0.4, -0.2) is 26.9 Å². The Morgan fingerprint density at radius 3 is 1.84 bits per heavy atom. The minimum Gasteiger partial charge on any atom is -0.460 e. The van der Waals surface area contributed by atoms with Gasteiger partial charge in [0, 0.05) is 6.54 Å². The number of aryl methyl sites for hydroxylation is 2. The van der Waals surface area contributed by atoms with E-state index in [9.17, 15) is 18.0 Å². The molecular formula is C29H31NO6S. The molecular weight excluding hydrogens is 490 g/mol. The first kappa shape index (κ1) is 27.8. The van der Waals surface area contributed by atoms with Crippen molar-refractivity contribution in [3.8, 4) is 0 Å². The van der Waals surface area contributed by atoms with Crippen molar-refractivity contribution in [2.24, 2.45) is 5.41 Å². The van der Waals surface area contributed by atoms with Gasteiger partial charge in [0.2, 0.25) is 10.0 Å². The van der Waals surface area contributed by atoms with E-state index < -0.39 is 33.9 Å². The van der Waals surface area contributed by atoms with E-state index in [0.717, 1.165) is 16.7 Å². The van der Waals surface area contributed by atoms with Crippen molar-refractivity contribution in [2.45, 2.75) is 38.4 Å². The fourth-order valence-electron chi connectivity index (χ4n) is 3.83. The van der Waals surface area contributed by atoms with Crippen molar-refractivity contribution in [3.05, 3.63) is 114 Å². The van der Waals surface area contributed by atoms with Crippen LogP contribution in [0.15, 0.2) is 96.4 Å². The highest BCUT2D eigenvalue weighted by Crippen LogP contribution is 2.29. The van der Waals surface area contributed by atoms with Crippen LogP contribution in [0.2, 0.25) is 0 Å². The Kier molecular flexibility index (Phi) is 9.38. The number of carbonyl (C=O) groups is 2. The number of hydrogen-bond acceptors (Lipinski definition) is 6. The zero-order valence-corrected chi connectivity index (χ0v) is 21.8. The van der Waals surface area contributed by atoms with Crippen molar-refractivity contribution < 1.29 is 27.5 Å². The Labute approximate surface area is 218 Å². The topological polar surface area (TPSA) is 98.8 Å². The number of ether oxygens (including phenoxy) is 2. The largest absolute Gasteiger partial charge is 0.460 e. The molecule has 0 radical (unpaired) electrons. The fourth-order valence-corrected chi connectivity index (χ4v) is 5.15. The van der Waals surface area contributed by atoms with Gasteiger partial charge in [-0.15, -0.1) is 6.58 Å². The molecule has 0 saturated carbocycles. The molecule has 1 N–H and O–H groups in total. The summed E-state index contributed by atoms with van der Waals surface area (Å²) in [4.78, 5) is 26.9. The maximum Gasteiger partial charge on any atom is 0.325 e. The predicted octanol–water partition coefficient (Wildman–Crippen LogP) is 4.63. The number of rotatable bonds is 12. The first-order valence-electron chi connectivity index (χ1n) is 11.8. The Morgan fingerprint density at radius 2 is 1.38 bits per heavy atom. The van der Waals surface area contributed by atoms with Gasteiger partial charge in [-0.05, 0) is 43.0 Å². The van der Waals surface area contributed by atoms with Gasteiger partial charge in [-0.2, -0.15) is 0 Å². The molecule has 194 valence electrons. The van der Waals surface area contributed by atoms with Crippen LogP contribution in [-0.2, 0) is 42.3 Å². The van der Waals surface area contributed by atoms with Crippen LogP contribution in [0, 0.1) is 19.3 Å². The normalized spacial score (nSPS) is 11.5. The third-order valence-electron chi connectivity index (χ3n) is 5.88. The van der Waals surface area contributed by atoms with Crippen LogP contribution in [0.4, 0.5) is 0 Å². The molecule has 0 amide bonds. The monoisotopic (exact) mass is 521 g/mol. The van der Waals surface area contributed by atoms with Crippen LogP contribution in [0.25, 0.3) is 0 Å². The molecule has 0 atom stereocenters. The molecule has 3 rings (SSSR count). The maximum absolute atomic E-state index is 13.4. The molecule has 0 spiro atoms. The number of allylic oxidation sites excluding steroid dienone is 1. The van der Waals surface area contributed by atoms with Crippen molar-refractivity contribution in [3.63, 3.8) is 0 Å². The Morgan fingerprint density at radius 1 is 0.865 bits per heavy atom. The zero-order chi connectivity index (χ0) is 26.9. The van der Waals surface area contributed by atoms with E-state index >= 15 is 0 Å². The second-order valence-corrected chi connectivity index (χ2v) is 10.5. The number of sulfonamides is 1. The second-order valence-electron chi connectivity index (χ2n) is 8.79. The standard InChI is InChI=1S/C29H31NO6S/c1-4-17-29(27(31)35-19-24-11-7-5-8-12-24,28(32)36-20-25-13-9-6-10-14-25)21-30-37(33,34)26-16-15-22(2)18-23(26)3/h4-16,18,30H,1,17,19-21H2,2-3H3. The summed E-state index contributed by atoms with van der Waals surface area (Å²) in [6.07, 6.45) is 1.18. The summed E-state index contributed by atoms with van der Waals surface area (Å²) in [5, 5.41) is 0. The SMILES string of the molecule is C=CCC(CNS(=O)(=O)c1ccc(C)cc1C)(C(=O)OCc1ccccc1)C(=O)OCc1ccccc1. The molecule has 0 aliphatic heterocycles. The van der Waals surface area contributed by atoms with Gasteiger partial charge in [-0.1, -0.05) is 84.4 Å². The Hall–Kier alpha value is -3.75. The lowest BCUT2D eigenvalue weighted by molar-refractivity contribution is -0.173. The fraction of sp³-hybridized carbons (Fsp3) is 0.241. The van der Waals surface area contributed by atoms with E-state index in [1.54, 1.807) is 67.6 Å². The second kappa shape index (κ2) is 12.5. The van der Waals surface area contributed by atoms with Gasteiger partial charge in [0.25, 0.3) is 0 Å². The van der Waals surface area contributed by atoms with Gasteiger partial charge in [-0.25, -0.2) is 13.1 Å². The zero-order valence-electron chi connectivity index (χ0n) is 21.0. The Bertz CT molecular complexity index is 1280. The molecule has 0 bridgehead atoms. The van der Waals surface area contributed by atoms with Crippen molar-refractivity contribution in [1.82, 2.24) is 4.72 Å². The van der Waals surface area contributed by atoms with E-state index in [-0.39, 0.29) is 24.5 Å². The summed E-state index contributed by atoms with van der Waals surface area (Å²) in [6, 6.07) is 22.9. The first-order valence-corrected chi connectivity index (χ1v) is 13.3. The van der Waals surface area contributed by atoms with Gasteiger partial charge >= 0.3 is 11.9 Å². The smallest absolute Gasteiger partial charge is 0.325 e. The van der Waals surface area contributed by atoms with E-state index in [4.69, 9.17) is 9.47 Å². The average molecular weight is 522 g/mol. The van der Waals surface area contributed by atoms with Crippen molar-refractivity contribution >= 4 is 22.0 Å². The van der Waals surface area contributed by atoms with Crippen LogP contribution in [0.3, 0.4) is 0 Å². The van der Waals surface area contributed by atoms with Crippen LogP contribution in [0.5, 0.6) is 0 Å². The summed E-state index contributed by atoms with van der Waals surface area (Å²) in [5.41, 5.74) is 0.914. The number of esters is 2. The highest BCUT2D eigenvalue weighted by atomic mass is 32.2. The van der Waals surface area contributed by atoms with E-state index in [0.29, 0.717) is 5.56 Å². The highest BCUT2D eigenvalue weighted by Gasteiger charge is 2.49. The van der Waals surface area contributed by atoms with E-state index in [1.807, 2.05) is 19.1 Å². The lowest BCUT2D eigenvalue weighted by Gasteiger charge is -2.29. The van der Waals surface area contributed by atoms with Gasteiger partial charge in [0.1, 0.15) is 13.2 Å². The number of carbonyl (C=O) groups excluding carboxylic acids is 2. The van der Waals surface area contributed by atoms with Crippen LogP contribution in [0.1, 0.15) is 28.7 Å². The lowest BCUT2D eigenvalue weighted by atomic mass is 9.84. The molecule has 8 heteroatoms. The highest BCUT2D eigenvalue weighted by molar-refractivity contribution is 7.89. The van der Waals surface area contributed by atoms with Gasteiger partial charge in [-0.3, -0.25) is 9.59 Å². The molecule has 0 fully saturated rings. The Balaban J connectivity index is 1.89. The van der Waals surface area contributed by atoms with Crippen LogP contribution < -0.4 is 4.72 Å². The van der Waals surface area contributed by atoms with E-state index in [2.05, 4.69) is 11.3 Å². The summed E-state index contributed by atoms with van der Waals surface area (Å²) in [5.74, 6) is -1.81. The predicted molar refractivity (Wildman–Crippen MR) is 141 cm³/mol. The molecule has 0 saturated heterocycles. The first-order chi connectivity index (χ1) is 17.7. The minimum atomic E-state index is -4.06. The lowest BCUT2D eigenvalue weighted by Crippen LogP contribution is -2.50. The summed E-state index contributed by atoms with van der Waals surface area (Å²) in [7, 11) is -4.06. The van der Waals surface area contributed by atoms with Crippen molar-refractivity contribution in [1.29, 1.82) is 0 Å². The van der Waals surface area contributed by atoms with Gasteiger partial charge < -0.3 is 9.47 Å². The minimum absolute atomic E-state index is 0.0564. The number of benzene rings is 3. The third kappa shape index (κ3) is 7.15. The van der Waals surface area contributed by atoms with Crippen molar-refractivity contribution in [2.75, 3.05) is 6.54 Å². The summed E-state index contributed by atoms with van der Waals surface area (Å²) in [6.45, 7) is 6.48.